The van der Waals surface area contributed by atoms with Crippen molar-refractivity contribution in [1.29, 1.82) is 0 Å². The molecule has 6 heteroatoms. The first-order chi connectivity index (χ1) is 12.1. The van der Waals surface area contributed by atoms with E-state index in [9.17, 15) is 14.3 Å². The largest absolute Gasteiger partial charge is 0.481 e. The van der Waals surface area contributed by atoms with E-state index in [4.69, 9.17) is 8.83 Å². The van der Waals surface area contributed by atoms with Crippen LogP contribution in [-0.4, -0.2) is 16.1 Å². The van der Waals surface area contributed by atoms with Gasteiger partial charge in [0, 0.05) is 11.0 Å². The van der Waals surface area contributed by atoms with Gasteiger partial charge < -0.3 is 13.9 Å². The summed E-state index contributed by atoms with van der Waals surface area (Å²) in [5.41, 5.74) is 2.09. The predicted molar refractivity (Wildman–Crippen MR) is 90.3 cm³/mol. The second kappa shape index (κ2) is 5.90. The summed E-state index contributed by atoms with van der Waals surface area (Å²) in [7, 11) is 0. The summed E-state index contributed by atoms with van der Waals surface area (Å²) >= 11 is 0. The lowest BCUT2D eigenvalue weighted by Crippen LogP contribution is -1.97. The van der Waals surface area contributed by atoms with Gasteiger partial charge in [0.25, 0.3) is 0 Å². The summed E-state index contributed by atoms with van der Waals surface area (Å²) < 4.78 is 24.6. The maximum Gasteiger partial charge on any atom is 0.308 e. The number of fused-ring (bicyclic) bond motifs is 2. The van der Waals surface area contributed by atoms with E-state index in [1.165, 1.54) is 18.2 Å². The SMILES string of the molecule is O=C(O)CC(=Cc1cc2cc(F)ccc2o1)c1nc2ccccc2o1. The first kappa shape index (κ1) is 15.1. The number of furan rings is 1. The van der Waals surface area contributed by atoms with Crippen molar-refractivity contribution < 1.29 is 23.1 Å². The summed E-state index contributed by atoms with van der Waals surface area (Å²) in [6, 6.07) is 13.0. The minimum Gasteiger partial charge on any atom is -0.481 e. The number of para-hydroxylation sites is 2. The fraction of sp³-hybridized carbons (Fsp3) is 0.0526. The van der Waals surface area contributed by atoms with Crippen LogP contribution in [0, 0.1) is 5.82 Å². The van der Waals surface area contributed by atoms with E-state index in [1.807, 2.05) is 12.1 Å². The maximum absolute atomic E-state index is 13.3. The van der Waals surface area contributed by atoms with Gasteiger partial charge in [0.2, 0.25) is 5.89 Å². The van der Waals surface area contributed by atoms with Crippen molar-refractivity contribution in [3.8, 4) is 0 Å². The molecule has 0 amide bonds. The normalized spacial score (nSPS) is 12.1. The molecular formula is C19H12FNO4. The fourth-order valence-corrected chi connectivity index (χ4v) is 2.64. The molecule has 0 bridgehead atoms. The highest BCUT2D eigenvalue weighted by Crippen LogP contribution is 2.28. The number of aliphatic carboxylic acids is 1. The van der Waals surface area contributed by atoms with Gasteiger partial charge in [-0.2, -0.15) is 0 Å². The standard InChI is InChI=1S/C19H12FNO4/c20-13-5-6-16-11(7-13)8-14(24-16)9-12(10-18(22)23)19-21-15-3-1-2-4-17(15)25-19/h1-9H,10H2,(H,22,23). The Kier molecular flexibility index (Phi) is 3.57. The van der Waals surface area contributed by atoms with Crippen LogP contribution in [-0.2, 0) is 4.79 Å². The van der Waals surface area contributed by atoms with Crippen molar-refractivity contribution in [2.24, 2.45) is 0 Å². The molecule has 0 aliphatic rings. The summed E-state index contributed by atoms with van der Waals surface area (Å²) in [5.74, 6) is -0.765. The number of nitrogens with zero attached hydrogens (tertiary/aromatic N) is 1. The number of oxazole rings is 1. The van der Waals surface area contributed by atoms with Gasteiger partial charge >= 0.3 is 5.97 Å². The van der Waals surface area contributed by atoms with Crippen LogP contribution in [0.25, 0.3) is 33.7 Å². The van der Waals surface area contributed by atoms with Crippen LogP contribution >= 0.6 is 0 Å². The third-order valence-electron chi connectivity index (χ3n) is 3.72. The van der Waals surface area contributed by atoms with Crippen LogP contribution in [0.5, 0.6) is 0 Å². The average Bonchev–Trinajstić information content (AvgIpc) is 3.16. The minimum atomic E-state index is -1.02. The molecule has 1 N–H and O–H groups in total. The first-order valence-corrected chi connectivity index (χ1v) is 7.56. The molecule has 0 saturated carbocycles. The van der Waals surface area contributed by atoms with Gasteiger partial charge in [-0.1, -0.05) is 12.1 Å². The van der Waals surface area contributed by atoms with Crippen LogP contribution < -0.4 is 0 Å². The molecule has 2 aromatic carbocycles. The molecule has 0 unspecified atom stereocenters. The van der Waals surface area contributed by atoms with Crippen molar-refractivity contribution in [1.82, 2.24) is 4.98 Å². The highest BCUT2D eigenvalue weighted by Gasteiger charge is 2.15. The highest BCUT2D eigenvalue weighted by atomic mass is 19.1. The van der Waals surface area contributed by atoms with Crippen molar-refractivity contribution in [3.63, 3.8) is 0 Å². The number of hydrogen-bond acceptors (Lipinski definition) is 4. The number of carboxylic acid groups (broad SMARTS) is 1. The number of halogens is 1. The number of aromatic nitrogens is 1. The molecule has 0 saturated heterocycles. The van der Waals surface area contributed by atoms with Gasteiger partial charge in [-0.25, -0.2) is 9.37 Å². The summed E-state index contributed by atoms with van der Waals surface area (Å²) in [6.45, 7) is 0. The Balaban J connectivity index is 1.81. The van der Waals surface area contributed by atoms with Gasteiger partial charge in [-0.3, -0.25) is 4.79 Å². The summed E-state index contributed by atoms with van der Waals surface area (Å²) in [4.78, 5) is 15.5. The number of carboxylic acids is 1. The van der Waals surface area contributed by atoms with E-state index in [-0.39, 0.29) is 18.1 Å². The lowest BCUT2D eigenvalue weighted by atomic mass is 10.1. The van der Waals surface area contributed by atoms with Crippen LogP contribution in [0.4, 0.5) is 4.39 Å². The summed E-state index contributed by atoms with van der Waals surface area (Å²) in [5, 5.41) is 9.78. The Morgan fingerprint density at radius 3 is 2.76 bits per heavy atom. The van der Waals surface area contributed by atoms with Gasteiger partial charge in [0.05, 0.1) is 6.42 Å². The fourth-order valence-electron chi connectivity index (χ4n) is 2.64. The Morgan fingerprint density at radius 1 is 1.12 bits per heavy atom. The quantitative estimate of drug-likeness (QED) is 0.582. The van der Waals surface area contributed by atoms with Crippen LogP contribution in [0.15, 0.2) is 57.4 Å². The zero-order valence-corrected chi connectivity index (χ0v) is 12.9. The van der Waals surface area contributed by atoms with Crippen LogP contribution in [0.2, 0.25) is 0 Å². The van der Waals surface area contributed by atoms with E-state index in [0.29, 0.717) is 33.4 Å². The molecule has 2 aromatic heterocycles. The lowest BCUT2D eigenvalue weighted by Gasteiger charge is -1.98. The molecular weight excluding hydrogens is 325 g/mol. The van der Waals surface area contributed by atoms with Gasteiger partial charge in [0.1, 0.15) is 22.7 Å². The van der Waals surface area contributed by atoms with Gasteiger partial charge in [-0.15, -0.1) is 0 Å². The Labute approximate surface area is 141 Å². The molecule has 2 heterocycles. The van der Waals surface area contributed by atoms with Crippen molar-refractivity contribution in [3.05, 3.63) is 66.0 Å². The molecule has 0 radical (unpaired) electrons. The van der Waals surface area contributed by atoms with E-state index < -0.39 is 5.97 Å². The van der Waals surface area contributed by atoms with E-state index in [1.54, 1.807) is 24.3 Å². The molecule has 25 heavy (non-hydrogen) atoms. The van der Waals surface area contributed by atoms with E-state index in [2.05, 4.69) is 4.98 Å². The van der Waals surface area contributed by atoms with Gasteiger partial charge in [0.15, 0.2) is 5.58 Å². The topological polar surface area (TPSA) is 76.5 Å². The molecule has 4 rings (SSSR count). The van der Waals surface area contributed by atoms with Crippen LogP contribution in [0.3, 0.4) is 0 Å². The van der Waals surface area contributed by atoms with Gasteiger partial charge in [-0.05, 0) is 42.5 Å². The number of hydrogen-bond donors (Lipinski definition) is 1. The molecule has 0 spiro atoms. The highest BCUT2D eigenvalue weighted by molar-refractivity contribution is 5.91. The Bertz CT molecular complexity index is 1090. The van der Waals surface area contributed by atoms with E-state index in [0.717, 1.165) is 0 Å². The maximum atomic E-state index is 13.3. The third-order valence-corrected chi connectivity index (χ3v) is 3.72. The molecule has 0 aliphatic heterocycles. The number of benzene rings is 2. The number of carbonyl (C=O) groups is 1. The Morgan fingerprint density at radius 2 is 1.96 bits per heavy atom. The van der Waals surface area contributed by atoms with Crippen molar-refractivity contribution in [2.45, 2.75) is 6.42 Å². The second-order valence-corrected chi connectivity index (χ2v) is 5.56. The molecule has 0 fully saturated rings. The molecule has 0 aliphatic carbocycles. The average molecular weight is 337 g/mol. The summed E-state index contributed by atoms with van der Waals surface area (Å²) in [6.07, 6.45) is 1.27. The zero-order chi connectivity index (χ0) is 17.4. The predicted octanol–water partition coefficient (Wildman–Crippen LogP) is 4.73. The van der Waals surface area contributed by atoms with Crippen molar-refractivity contribution in [2.75, 3.05) is 0 Å². The molecule has 0 atom stereocenters. The molecule has 4 aromatic rings. The number of rotatable bonds is 4. The lowest BCUT2D eigenvalue weighted by molar-refractivity contribution is -0.135. The zero-order valence-electron chi connectivity index (χ0n) is 12.9. The monoisotopic (exact) mass is 337 g/mol. The first-order valence-electron chi connectivity index (χ1n) is 7.56. The molecule has 5 nitrogen and oxygen atoms in total. The Hall–Kier alpha value is -3.41. The third kappa shape index (κ3) is 3.01. The van der Waals surface area contributed by atoms with Crippen molar-refractivity contribution >= 4 is 39.7 Å². The van der Waals surface area contributed by atoms with Crippen LogP contribution in [0.1, 0.15) is 18.1 Å². The second-order valence-electron chi connectivity index (χ2n) is 5.56. The minimum absolute atomic E-state index is 0.218. The smallest absolute Gasteiger partial charge is 0.308 e. The molecule has 124 valence electrons. The van der Waals surface area contributed by atoms with E-state index >= 15 is 0 Å².